The fourth-order valence-electron chi connectivity index (χ4n) is 6.51. The van der Waals surface area contributed by atoms with E-state index < -0.39 is 28.0 Å². The van der Waals surface area contributed by atoms with Gasteiger partial charge in [-0.15, -0.1) is 0 Å². The van der Waals surface area contributed by atoms with E-state index in [0.29, 0.717) is 64.6 Å². The largest absolute Gasteiger partial charge is 0.390 e. The second kappa shape index (κ2) is 21.9. The number of hydrogen-bond acceptors (Lipinski definition) is 8. The molecule has 0 amide bonds. The lowest BCUT2D eigenvalue weighted by Gasteiger charge is -2.42. The van der Waals surface area contributed by atoms with Crippen molar-refractivity contribution in [3.63, 3.8) is 0 Å². The van der Waals surface area contributed by atoms with Crippen molar-refractivity contribution < 1.29 is 38.7 Å². The lowest BCUT2D eigenvalue weighted by molar-refractivity contribution is -0.172. The fraction of sp³-hybridized carbons (Fsp3) is 0.976. The van der Waals surface area contributed by atoms with E-state index in [-0.39, 0.29) is 29.8 Å². The van der Waals surface area contributed by atoms with Gasteiger partial charge in [0, 0.05) is 24.9 Å². The highest BCUT2D eigenvalue weighted by molar-refractivity contribution is 5.86. The molecule has 1 fully saturated rings. The maximum Gasteiger partial charge on any atom is 0.164 e. The van der Waals surface area contributed by atoms with Crippen LogP contribution in [-0.4, -0.2) is 89.2 Å². The van der Waals surface area contributed by atoms with Crippen LogP contribution in [0.25, 0.3) is 0 Å². The SMILES string of the molecule is CCCCCCCCCCCC(=O)C(C)(C)OCCC(C)(C)OCC(C1OCC(C(C)C)[C@@H]1OCCC(C)(C)O)C(C)(C)OCCC(C)(C)O. The monoisotopic (exact) mass is 715 g/mol. The first-order valence-corrected chi connectivity index (χ1v) is 20.1. The Balaban J connectivity index is 2.87. The number of hydrogen-bond donors (Lipinski definition) is 2. The first kappa shape index (κ1) is 47.4. The number of aliphatic hydroxyl groups is 2. The molecule has 0 aliphatic carbocycles. The van der Waals surface area contributed by atoms with Crippen LogP contribution in [0.5, 0.6) is 0 Å². The molecular weight excluding hydrogens is 632 g/mol. The van der Waals surface area contributed by atoms with Crippen LogP contribution in [0.3, 0.4) is 0 Å². The Morgan fingerprint density at radius 1 is 0.720 bits per heavy atom. The molecule has 1 saturated heterocycles. The number of carbonyl (C=O) groups excluding carboxylic acids is 1. The minimum absolute atomic E-state index is 0.165. The molecule has 1 rings (SSSR count). The summed E-state index contributed by atoms with van der Waals surface area (Å²) in [5, 5.41) is 20.7. The lowest BCUT2D eigenvalue weighted by atomic mass is 9.80. The molecule has 0 spiro atoms. The topological polar surface area (TPSA) is 104 Å². The molecule has 0 aromatic heterocycles. The van der Waals surface area contributed by atoms with E-state index in [4.69, 9.17) is 23.7 Å². The van der Waals surface area contributed by atoms with Crippen LogP contribution in [0.15, 0.2) is 0 Å². The molecule has 2 N–H and O–H groups in total. The standard InChI is InChI=1S/C42H82O8/c1-14-15-16-17-18-19-20-21-22-23-35(43)42(12,13)49-29-26-40(8,9)50-31-34(41(10,11)48-28-25-39(6,7)45)37-36(33(30-47-37)32(2)3)46-27-24-38(4,5)44/h32-34,36-37,44-45H,14-31H2,1-13H3/t33?,34?,36-,37?/m0/s1. The number of ether oxygens (including phenoxy) is 5. The highest BCUT2D eigenvalue weighted by atomic mass is 16.6. The second-order valence-electron chi connectivity index (χ2n) is 18.4. The third kappa shape index (κ3) is 19.5. The van der Waals surface area contributed by atoms with E-state index in [1.165, 1.54) is 44.9 Å². The van der Waals surface area contributed by atoms with Gasteiger partial charge in [0.2, 0.25) is 0 Å². The molecule has 0 radical (unpaired) electrons. The molecule has 1 heterocycles. The summed E-state index contributed by atoms with van der Waals surface area (Å²) in [5.41, 5.74) is -3.64. The van der Waals surface area contributed by atoms with E-state index in [1.54, 1.807) is 27.7 Å². The Morgan fingerprint density at radius 3 is 1.78 bits per heavy atom. The predicted octanol–water partition coefficient (Wildman–Crippen LogP) is 9.25. The highest BCUT2D eigenvalue weighted by Crippen LogP contribution is 2.39. The molecule has 4 atom stereocenters. The third-order valence-electron chi connectivity index (χ3n) is 10.6. The van der Waals surface area contributed by atoms with E-state index in [1.807, 2.05) is 13.8 Å². The Morgan fingerprint density at radius 2 is 1.24 bits per heavy atom. The van der Waals surface area contributed by atoms with Gasteiger partial charge in [0.1, 0.15) is 5.60 Å². The average Bonchev–Trinajstić information content (AvgIpc) is 3.37. The molecule has 0 saturated carbocycles. The molecule has 298 valence electrons. The van der Waals surface area contributed by atoms with Crippen molar-refractivity contribution in [3.05, 3.63) is 0 Å². The molecular formula is C42H82O8. The molecule has 8 nitrogen and oxygen atoms in total. The Kier molecular flexibility index (Phi) is 20.8. The van der Waals surface area contributed by atoms with Gasteiger partial charge >= 0.3 is 0 Å². The predicted molar refractivity (Wildman–Crippen MR) is 205 cm³/mol. The summed E-state index contributed by atoms with van der Waals surface area (Å²) in [6.45, 7) is 28.1. The third-order valence-corrected chi connectivity index (χ3v) is 10.6. The van der Waals surface area contributed by atoms with Crippen LogP contribution in [0, 0.1) is 17.8 Å². The number of ketones is 1. The number of carbonyl (C=O) groups is 1. The Bertz CT molecular complexity index is 914. The minimum atomic E-state index is -0.831. The van der Waals surface area contributed by atoms with Gasteiger partial charge in [0.15, 0.2) is 5.78 Å². The Hall–Kier alpha value is -0.610. The van der Waals surface area contributed by atoms with Gasteiger partial charge in [-0.25, -0.2) is 0 Å². The summed E-state index contributed by atoms with van der Waals surface area (Å²) in [6.07, 6.45) is 12.8. The average molecular weight is 715 g/mol. The molecule has 3 unspecified atom stereocenters. The highest BCUT2D eigenvalue weighted by Gasteiger charge is 2.49. The minimum Gasteiger partial charge on any atom is -0.390 e. The molecule has 1 aliphatic rings. The lowest BCUT2D eigenvalue weighted by Crippen LogP contribution is -2.51. The van der Waals surface area contributed by atoms with E-state index >= 15 is 0 Å². The summed E-state index contributed by atoms with van der Waals surface area (Å²) in [5.74, 6) is 0.550. The summed E-state index contributed by atoms with van der Waals surface area (Å²) < 4.78 is 32.5. The number of unbranched alkanes of at least 4 members (excludes halogenated alkanes) is 8. The molecule has 50 heavy (non-hydrogen) atoms. The van der Waals surface area contributed by atoms with Gasteiger partial charge in [-0.2, -0.15) is 0 Å². The van der Waals surface area contributed by atoms with E-state index in [9.17, 15) is 15.0 Å². The zero-order chi connectivity index (χ0) is 38.2. The summed E-state index contributed by atoms with van der Waals surface area (Å²) in [4.78, 5) is 13.1. The number of rotatable bonds is 29. The normalized spacial score (nSPS) is 20.2. The van der Waals surface area contributed by atoms with Crippen molar-refractivity contribution in [1.82, 2.24) is 0 Å². The van der Waals surface area contributed by atoms with Gasteiger partial charge < -0.3 is 33.9 Å². The van der Waals surface area contributed by atoms with E-state index in [2.05, 4.69) is 48.5 Å². The molecule has 0 aromatic carbocycles. The van der Waals surface area contributed by atoms with Gasteiger partial charge in [0.25, 0.3) is 0 Å². The fourth-order valence-corrected chi connectivity index (χ4v) is 6.51. The quantitative estimate of drug-likeness (QED) is 0.0740. The zero-order valence-electron chi connectivity index (χ0n) is 35.0. The van der Waals surface area contributed by atoms with Crippen molar-refractivity contribution in [2.75, 3.05) is 33.0 Å². The van der Waals surface area contributed by atoms with Gasteiger partial charge in [0.05, 0.1) is 61.0 Å². The molecule has 8 heteroatoms. The molecule has 0 aromatic rings. The number of Topliss-reactive ketones (excluding diaryl/α,β-unsaturated/α-hetero) is 1. The first-order valence-electron chi connectivity index (χ1n) is 20.1. The van der Waals surface area contributed by atoms with E-state index in [0.717, 1.165) is 12.8 Å². The van der Waals surface area contributed by atoms with Crippen LogP contribution in [0.2, 0.25) is 0 Å². The molecule has 1 aliphatic heterocycles. The molecule has 0 bridgehead atoms. The van der Waals surface area contributed by atoms with Gasteiger partial charge in [-0.05, 0) is 101 Å². The maximum absolute atomic E-state index is 13.1. The maximum atomic E-state index is 13.1. The van der Waals surface area contributed by atoms with Crippen molar-refractivity contribution in [1.29, 1.82) is 0 Å². The van der Waals surface area contributed by atoms with Crippen LogP contribution >= 0.6 is 0 Å². The second-order valence-corrected chi connectivity index (χ2v) is 18.4. The Labute approximate surface area is 308 Å². The summed E-state index contributed by atoms with van der Waals surface area (Å²) in [7, 11) is 0. The first-order chi connectivity index (χ1) is 23.0. The van der Waals surface area contributed by atoms with Crippen molar-refractivity contribution in [3.8, 4) is 0 Å². The summed E-state index contributed by atoms with van der Waals surface area (Å²) >= 11 is 0. The van der Waals surface area contributed by atoms with Crippen molar-refractivity contribution in [2.45, 2.75) is 214 Å². The van der Waals surface area contributed by atoms with Crippen LogP contribution in [0.1, 0.15) is 173 Å². The zero-order valence-corrected chi connectivity index (χ0v) is 35.0. The van der Waals surface area contributed by atoms with Crippen LogP contribution in [-0.2, 0) is 28.5 Å². The summed E-state index contributed by atoms with van der Waals surface area (Å²) in [6, 6.07) is 0. The van der Waals surface area contributed by atoms with Crippen molar-refractivity contribution >= 4 is 5.78 Å². The van der Waals surface area contributed by atoms with Crippen molar-refractivity contribution in [2.24, 2.45) is 17.8 Å². The smallest absolute Gasteiger partial charge is 0.164 e. The van der Waals surface area contributed by atoms with Crippen LogP contribution in [0.4, 0.5) is 0 Å². The van der Waals surface area contributed by atoms with Crippen LogP contribution < -0.4 is 0 Å². The van der Waals surface area contributed by atoms with Gasteiger partial charge in [-0.3, -0.25) is 4.79 Å². The van der Waals surface area contributed by atoms with Gasteiger partial charge in [-0.1, -0.05) is 72.1 Å².